The van der Waals surface area contributed by atoms with Gasteiger partial charge in [-0.05, 0) is 30.3 Å². The SMILES string of the molecule is N#Cc1ccc(NC(=O)CSc2ccccc2O)cc1Cl. The van der Waals surface area contributed by atoms with Gasteiger partial charge in [-0.1, -0.05) is 23.7 Å². The van der Waals surface area contributed by atoms with E-state index < -0.39 is 0 Å². The van der Waals surface area contributed by atoms with Gasteiger partial charge in [0.05, 0.1) is 16.3 Å². The molecule has 106 valence electrons. The van der Waals surface area contributed by atoms with Crippen molar-refractivity contribution < 1.29 is 9.90 Å². The van der Waals surface area contributed by atoms with Crippen LogP contribution in [-0.2, 0) is 4.79 Å². The van der Waals surface area contributed by atoms with Crippen LogP contribution in [0.1, 0.15) is 5.56 Å². The van der Waals surface area contributed by atoms with Gasteiger partial charge < -0.3 is 10.4 Å². The number of hydrogen-bond acceptors (Lipinski definition) is 4. The van der Waals surface area contributed by atoms with Gasteiger partial charge in [-0.2, -0.15) is 5.26 Å². The maximum atomic E-state index is 11.8. The van der Waals surface area contributed by atoms with Gasteiger partial charge in [-0.3, -0.25) is 4.79 Å². The first-order valence-corrected chi connectivity index (χ1v) is 7.37. The molecular formula is C15H11ClN2O2S. The summed E-state index contributed by atoms with van der Waals surface area (Å²) in [6, 6.07) is 13.5. The lowest BCUT2D eigenvalue weighted by Crippen LogP contribution is -2.14. The second kappa shape index (κ2) is 7.02. The molecule has 6 heteroatoms. The van der Waals surface area contributed by atoms with Crippen LogP contribution in [0, 0.1) is 11.3 Å². The summed E-state index contributed by atoms with van der Waals surface area (Å²) in [7, 11) is 0. The van der Waals surface area contributed by atoms with Crippen LogP contribution in [0.25, 0.3) is 0 Å². The lowest BCUT2D eigenvalue weighted by molar-refractivity contribution is -0.113. The summed E-state index contributed by atoms with van der Waals surface area (Å²) in [5.74, 6) is 0.0931. The van der Waals surface area contributed by atoms with E-state index in [9.17, 15) is 9.90 Å². The molecule has 2 aromatic rings. The number of carbonyl (C=O) groups is 1. The first-order valence-electron chi connectivity index (χ1n) is 6.00. The molecule has 2 aromatic carbocycles. The molecule has 0 unspecified atom stereocenters. The molecule has 0 aromatic heterocycles. The number of nitriles is 1. The Morgan fingerprint density at radius 1 is 1.33 bits per heavy atom. The highest BCUT2D eigenvalue weighted by Gasteiger charge is 2.07. The van der Waals surface area contributed by atoms with Crippen molar-refractivity contribution in [1.82, 2.24) is 0 Å². The van der Waals surface area contributed by atoms with Crippen molar-refractivity contribution in [3.8, 4) is 11.8 Å². The third-order valence-corrected chi connectivity index (χ3v) is 3.97. The molecule has 0 spiro atoms. The molecule has 0 saturated carbocycles. The van der Waals surface area contributed by atoms with E-state index in [1.54, 1.807) is 36.4 Å². The molecular weight excluding hydrogens is 308 g/mol. The number of nitrogens with zero attached hydrogens (tertiary/aromatic N) is 1. The summed E-state index contributed by atoms with van der Waals surface area (Å²) in [4.78, 5) is 12.5. The van der Waals surface area contributed by atoms with Crippen molar-refractivity contribution in [3.05, 3.63) is 53.1 Å². The summed E-state index contributed by atoms with van der Waals surface area (Å²) < 4.78 is 0. The number of rotatable bonds is 4. The first kappa shape index (κ1) is 15.2. The molecule has 0 aliphatic heterocycles. The van der Waals surface area contributed by atoms with Crippen molar-refractivity contribution in [1.29, 1.82) is 5.26 Å². The molecule has 2 N–H and O–H groups in total. The summed E-state index contributed by atoms with van der Waals surface area (Å²) in [5, 5.41) is 21.4. The van der Waals surface area contributed by atoms with Crippen molar-refractivity contribution in [2.45, 2.75) is 4.90 Å². The predicted octanol–water partition coefficient (Wildman–Crippen LogP) is 3.65. The fourth-order valence-corrected chi connectivity index (χ4v) is 2.58. The van der Waals surface area contributed by atoms with Gasteiger partial charge in [-0.15, -0.1) is 11.8 Å². The van der Waals surface area contributed by atoms with Crippen molar-refractivity contribution in [2.75, 3.05) is 11.1 Å². The van der Waals surface area contributed by atoms with E-state index >= 15 is 0 Å². The molecule has 0 fully saturated rings. The third-order valence-electron chi connectivity index (χ3n) is 2.60. The maximum Gasteiger partial charge on any atom is 0.234 e. The van der Waals surface area contributed by atoms with Crippen LogP contribution in [0.3, 0.4) is 0 Å². The topological polar surface area (TPSA) is 73.1 Å². The molecule has 1 amide bonds. The fraction of sp³-hybridized carbons (Fsp3) is 0.0667. The summed E-state index contributed by atoms with van der Waals surface area (Å²) in [6.07, 6.45) is 0. The molecule has 0 saturated heterocycles. The Bertz CT molecular complexity index is 713. The maximum absolute atomic E-state index is 11.8. The van der Waals surface area contributed by atoms with Crippen molar-refractivity contribution in [3.63, 3.8) is 0 Å². The molecule has 0 atom stereocenters. The van der Waals surface area contributed by atoms with E-state index in [-0.39, 0.29) is 17.4 Å². The number of amides is 1. The zero-order chi connectivity index (χ0) is 15.2. The summed E-state index contributed by atoms with van der Waals surface area (Å²) in [5.41, 5.74) is 0.889. The molecule has 0 aliphatic carbocycles. The fourth-order valence-electron chi connectivity index (χ4n) is 1.60. The van der Waals surface area contributed by atoms with E-state index in [2.05, 4.69) is 5.32 Å². The second-order valence-electron chi connectivity index (χ2n) is 4.11. The Morgan fingerprint density at radius 2 is 2.10 bits per heavy atom. The normalized spacial score (nSPS) is 9.90. The van der Waals surface area contributed by atoms with Gasteiger partial charge in [0.1, 0.15) is 11.8 Å². The average molecular weight is 319 g/mol. The largest absolute Gasteiger partial charge is 0.507 e. The van der Waals surface area contributed by atoms with Gasteiger partial charge in [0, 0.05) is 10.6 Å². The van der Waals surface area contributed by atoms with E-state index in [1.807, 2.05) is 6.07 Å². The van der Waals surface area contributed by atoms with Crippen LogP contribution in [-0.4, -0.2) is 16.8 Å². The van der Waals surface area contributed by atoms with Gasteiger partial charge in [0.2, 0.25) is 5.91 Å². The number of halogens is 1. The zero-order valence-electron chi connectivity index (χ0n) is 10.8. The van der Waals surface area contributed by atoms with Crippen molar-refractivity contribution in [2.24, 2.45) is 0 Å². The highest BCUT2D eigenvalue weighted by Crippen LogP contribution is 2.27. The van der Waals surface area contributed by atoms with Crippen molar-refractivity contribution >= 4 is 35.0 Å². The standard InChI is InChI=1S/C15H11ClN2O2S/c16-12-7-11(6-5-10(12)8-17)18-15(20)9-21-14-4-2-1-3-13(14)19/h1-7,19H,9H2,(H,18,20). The number of phenolic OH excluding ortho intramolecular Hbond substituents is 1. The van der Waals surface area contributed by atoms with Crippen LogP contribution < -0.4 is 5.32 Å². The monoisotopic (exact) mass is 318 g/mol. The molecule has 21 heavy (non-hydrogen) atoms. The van der Waals surface area contributed by atoms with Crippen LogP contribution in [0.5, 0.6) is 5.75 Å². The minimum absolute atomic E-state index is 0.150. The number of phenols is 1. The Kier molecular flexibility index (Phi) is 5.09. The van der Waals surface area contributed by atoms with Crippen LogP contribution in [0.4, 0.5) is 5.69 Å². The number of aromatic hydroxyl groups is 1. The number of thioether (sulfide) groups is 1. The Morgan fingerprint density at radius 3 is 2.76 bits per heavy atom. The molecule has 2 rings (SSSR count). The molecule has 0 heterocycles. The van der Waals surface area contributed by atoms with Crippen LogP contribution in [0.2, 0.25) is 5.02 Å². The summed E-state index contributed by atoms with van der Waals surface area (Å²) >= 11 is 7.13. The van der Waals surface area contributed by atoms with Crippen LogP contribution >= 0.6 is 23.4 Å². The van der Waals surface area contributed by atoms with Gasteiger partial charge in [0.25, 0.3) is 0 Å². The van der Waals surface area contributed by atoms with E-state index in [0.29, 0.717) is 21.2 Å². The minimum Gasteiger partial charge on any atom is -0.507 e. The number of carbonyl (C=O) groups excluding carboxylic acids is 1. The minimum atomic E-state index is -0.218. The number of benzene rings is 2. The molecule has 4 nitrogen and oxygen atoms in total. The molecule has 0 aliphatic rings. The predicted molar refractivity (Wildman–Crippen MR) is 83.6 cm³/mol. The van der Waals surface area contributed by atoms with E-state index in [0.717, 1.165) is 0 Å². The lowest BCUT2D eigenvalue weighted by atomic mass is 10.2. The Hall–Kier alpha value is -2.16. The Balaban J connectivity index is 1.95. The zero-order valence-corrected chi connectivity index (χ0v) is 12.4. The Labute approximate surface area is 131 Å². The number of nitrogens with one attached hydrogen (secondary N) is 1. The second-order valence-corrected chi connectivity index (χ2v) is 5.54. The summed E-state index contributed by atoms with van der Waals surface area (Å²) in [6.45, 7) is 0. The number of hydrogen-bond donors (Lipinski definition) is 2. The van der Waals surface area contributed by atoms with Gasteiger partial charge in [-0.25, -0.2) is 0 Å². The van der Waals surface area contributed by atoms with E-state index in [1.165, 1.54) is 17.8 Å². The molecule has 0 radical (unpaired) electrons. The number of anilines is 1. The smallest absolute Gasteiger partial charge is 0.234 e. The average Bonchev–Trinajstić information content (AvgIpc) is 2.46. The quantitative estimate of drug-likeness (QED) is 0.844. The third kappa shape index (κ3) is 4.15. The van der Waals surface area contributed by atoms with Crippen LogP contribution in [0.15, 0.2) is 47.4 Å². The van der Waals surface area contributed by atoms with E-state index in [4.69, 9.17) is 16.9 Å². The highest BCUT2D eigenvalue weighted by molar-refractivity contribution is 8.00. The van der Waals surface area contributed by atoms with Gasteiger partial charge >= 0.3 is 0 Å². The highest BCUT2D eigenvalue weighted by atomic mass is 35.5. The first-order chi connectivity index (χ1) is 10.1. The lowest BCUT2D eigenvalue weighted by Gasteiger charge is -2.07. The molecule has 0 bridgehead atoms. The number of para-hydroxylation sites is 1. The van der Waals surface area contributed by atoms with Gasteiger partial charge in [0.15, 0.2) is 0 Å².